The Morgan fingerprint density at radius 2 is 1.63 bits per heavy atom. The van der Waals surface area contributed by atoms with Gasteiger partial charge in [0.1, 0.15) is 5.75 Å². The van der Waals surface area contributed by atoms with Crippen LogP contribution in [-0.4, -0.2) is 18.2 Å². The van der Waals surface area contributed by atoms with Gasteiger partial charge in [0.2, 0.25) is 11.8 Å². The van der Waals surface area contributed by atoms with E-state index >= 15 is 0 Å². The van der Waals surface area contributed by atoms with E-state index in [0.29, 0.717) is 6.42 Å². The molecule has 1 aliphatic heterocycles. The average molecular weight is 377 g/mol. The molecule has 1 heterocycles. The zero-order chi connectivity index (χ0) is 19.8. The number of anilines is 1. The number of amides is 2. The fraction of sp³-hybridized carbons (Fsp3) is 0.300. The van der Waals surface area contributed by atoms with Crippen LogP contribution in [0.3, 0.4) is 0 Å². The van der Waals surface area contributed by atoms with Crippen molar-refractivity contribution in [1.29, 1.82) is 0 Å². The Kier molecular flexibility index (Phi) is 4.95. The maximum atomic E-state index is 12.7. The molecule has 2 amide bonds. The molecule has 1 aliphatic rings. The van der Waals surface area contributed by atoms with Crippen LogP contribution in [0.5, 0.6) is 5.75 Å². The number of benzene rings is 2. The van der Waals surface area contributed by atoms with Crippen LogP contribution in [0.15, 0.2) is 42.5 Å². The van der Waals surface area contributed by atoms with Gasteiger partial charge in [-0.25, -0.2) is 0 Å². The molecule has 1 fully saturated rings. The number of nitrogens with zero attached hydrogens (tertiary/aromatic N) is 1. The lowest BCUT2D eigenvalue weighted by molar-refractivity contribution is -0.274. The minimum absolute atomic E-state index is 0.0760. The number of hydrogen-bond acceptors (Lipinski definition) is 3. The highest BCUT2D eigenvalue weighted by atomic mass is 19.4. The van der Waals surface area contributed by atoms with Gasteiger partial charge in [0.25, 0.3) is 0 Å². The second kappa shape index (κ2) is 7.06. The fourth-order valence-electron chi connectivity index (χ4n) is 3.39. The van der Waals surface area contributed by atoms with Crippen LogP contribution < -0.4 is 9.64 Å². The summed E-state index contributed by atoms with van der Waals surface area (Å²) in [5, 5.41) is 0. The van der Waals surface area contributed by atoms with Gasteiger partial charge in [-0.05, 0) is 50.1 Å². The summed E-state index contributed by atoms with van der Waals surface area (Å²) in [7, 11) is 0. The van der Waals surface area contributed by atoms with Crippen LogP contribution in [0.1, 0.15) is 23.1 Å². The smallest absolute Gasteiger partial charge is 0.406 e. The summed E-state index contributed by atoms with van der Waals surface area (Å²) in [6.45, 7) is 3.93. The van der Waals surface area contributed by atoms with Gasteiger partial charge in [-0.2, -0.15) is 0 Å². The van der Waals surface area contributed by atoms with E-state index in [1.807, 2.05) is 32.0 Å². The second-order valence-electron chi connectivity index (χ2n) is 6.71. The molecule has 0 aliphatic carbocycles. The molecule has 1 atom stereocenters. The SMILES string of the molecule is Cc1cc(C)cc(C[C@H]2CC(=O)N(c3ccc(OC(F)(F)F)cc3)C2=O)c1. The summed E-state index contributed by atoms with van der Waals surface area (Å²) in [5.41, 5.74) is 3.38. The molecular formula is C20H18F3NO3. The third-order valence-electron chi connectivity index (χ3n) is 4.33. The average Bonchev–Trinajstić information content (AvgIpc) is 2.80. The highest BCUT2D eigenvalue weighted by Gasteiger charge is 2.39. The minimum Gasteiger partial charge on any atom is -0.406 e. The molecular weight excluding hydrogens is 359 g/mol. The van der Waals surface area contributed by atoms with E-state index in [-0.39, 0.29) is 23.9 Å². The summed E-state index contributed by atoms with van der Waals surface area (Å²) < 4.78 is 40.5. The topological polar surface area (TPSA) is 46.6 Å². The van der Waals surface area contributed by atoms with E-state index < -0.39 is 18.0 Å². The van der Waals surface area contributed by atoms with E-state index in [9.17, 15) is 22.8 Å². The van der Waals surface area contributed by atoms with Crippen molar-refractivity contribution in [1.82, 2.24) is 0 Å². The van der Waals surface area contributed by atoms with Gasteiger partial charge < -0.3 is 4.74 Å². The normalized spacial score (nSPS) is 17.5. The quantitative estimate of drug-likeness (QED) is 0.746. The van der Waals surface area contributed by atoms with Gasteiger partial charge in [-0.3, -0.25) is 14.5 Å². The number of imide groups is 1. The number of ether oxygens (including phenoxy) is 1. The van der Waals surface area contributed by atoms with Crippen LogP contribution in [0, 0.1) is 19.8 Å². The van der Waals surface area contributed by atoms with Crippen molar-refractivity contribution in [2.45, 2.75) is 33.1 Å². The molecule has 1 saturated heterocycles. The van der Waals surface area contributed by atoms with Gasteiger partial charge in [0.05, 0.1) is 11.6 Å². The van der Waals surface area contributed by atoms with Gasteiger partial charge in [-0.1, -0.05) is 29.3 Å². The first-order valence-corrected chi connectivity index (χ1v) is 8.42. The molecule has 4 nitrogen and oxygen atoms in total. The number of aryl methyl sites for hydroxylation is 2. The van der Waals surface area contributed by atoms with Crippen LogP contribution in [-0.2, 0) is 16.0 Å². The van der Waals surface area contributed by atoms with Crippen molar-refractivity contribution in [3.63, 3.8) is 0 Å². The number of alkyl halides is 3. The summed E-state index contributed by atoms with van der Waals surface area (Å²) in [4.78, 5) is 26.1. The van der Waals surface area contributed by atoms with E-state index in [2.05, 4.69) is 4.74 Å². The summed E-state index contributed by atoms with van der Waals surface area (Å²) in [5.74, 6) is -1.59. The van der Waals surface area contributed by atoms with Crippen molar-refractivity contribution in [2.75, 3.05) is 4.90 Å². The van der Waals surface area contributed by atoms with Gasteiger partial charge in [0.15, 0.2) is 0 Å². The predicted molar refractivity (Wildman–Crippen MR) is 93.3 cm³/mol. The number of halogens is 3. The molecule has 7 heteroatoms. The molecule has 27 heavy (non-hydrogen) atoms. The van der Waals surface area contributed by atoms with Gasteiger partial charge in [0, 0.05) is 6.42 Å². The molecule has 2 aromatic carbocycles. The van der Waals surface area contributed by atoms with Gasteiger partial charge in [-0.15, -0.1) is 13.2 Å². The molecule has 3 rings (SSSR count). The van der Waals surface area contributed by atoms with E-state index in [1.54, 1.807) is 0 Å². The third kappa shape index (κ3) is 4.48. The molecule has 0 unspecified atom stereocenters. The first-order chi connectivity index (χ1) is 12.6. The van der Waals surface area contributed by atoms with Crippen LogP contribution in [0.4, 0.5) is 18.9 Å². The maximum Gasteiger partial charge on any atom is 0.573 e. The summed E-state index contributed by atoms with van der Waals surface area (Å²) >= 11 is 0. The first kappa shape index (κ1) is 18.9. The lowest BCUT2D eigenvalue weighted by atomic mass is 9.95. The molecule has 0 spiro atoms. The Hall–Kier alpha value is -2.83. The molecule has 2 aromatic rings. The Bertz CT molecular complexity index is 855. The molecule has 0 saturated carbocycles. The van der Waals surface area contributed by atoms with Crippen molar-refractivity contribution < 1.29 is 27.5 Å². The fourth-order valence-corrected chi connectivity index (χ4v) is 3.39. The number of rotatable bonds is 4. The lowest BCUT2D eigenvalue weighted by Crippen LogP contribution is -2.30. The van der Waals surface area contributed by atoms with Crippen molar-refractivity contribution in [3.8, 4) is 5.75 Å². The number of hydrogen-bond donors (Lipinski definition) is 0. The Morgan fingerprint density at radius 1 is 1.04 bits per heavy atom. The minimum atomic E-state index is -4.79. The molecule has 0 N–H and O–H groups in total. The molecule has 0 aromatic heterocycles. The monoisotopic (exact) mass is 377 g/mol. The largest absolute Gasteiger partial charge is 0.573 e. The van der Waals surface area contributed by atoms with Crippen LogP contribution in [0.2, 0.25) is 0 Å². The molecule has 0 radical (unpaired) electrons. The second-order valence-corrected chi connectivity index (χ2v) is 6.71. The summed E-state index contributed by atoms with van der Waals surface area (Å²) in [6.07, 6.45) is -4.27. The van der Waals surface area contributed by atoms with Crippen LogP contribution >= 0.6 is 0 Å². The van der Waals surface area contributed by atoms with Crippen LogP contribution in [0.25, 0.3) is 0 Å². The zero-order valence-electron chi connectivity index (χ0n) is 14.8. The van der Waals surface area contributed by atoms with Crippen molar-refractivity contribution in [2.24, 2.45) is 5.92 Å². The predicted octanol–water partition coefficient (Wildman–Crippen LogP) is 4.32. The Labute approximate surface area is 154 Å². The van der Waals surface area contributed by atoms with E-state index in [1.165, 1.54) is 12.1 Å². The Morgan fingerprint density at radius 3 is 2.19 bits per heavy atom. The number of carbonyl (C=O) groups is 2. The zero-order valence-corrected chi connectivity index (χ0v) is 14.8. The standard InChI is InChI=1S/C20H18F3NO3/c1-12-7-13(2)9-14(8-12)10-15-11-18(25)24(19(15)26)16-3-5-17(6-4-16)27-20(21,22)23/h3-9,15H,10-11H2,1-2H3/t15-/m0/s1. The first-order valence-electron chi connectivity index (χ1n) is 8.42. The Balaban J connectivity index is 1.76. The number of carbonyl (C=O) groups excluding carboxylic acids is 2. The van der Waals surface area contributed by atoms with E-state index in [4.69, 9.17) is 0 Å². The van der Waals surface area contributed by atoms with Crippen molar-refractivity contribution >= 4 is 17.5 Å². The highest BCUT2D eigenvalue weighted by Crippen LogP contribution is 2.31. The van der Waals surface area contributed by atoms with Gasteiger partial charge >= 0.3 is 6.36 Å². The van der Waals surface area contributed by atoms with Crippen molar-refractivity contribution in [3.05, 3.63) is 59.2 Å². The van der Waals surface area contributed by atoms with E-state index in [0.717, 1.165) is 33.7 Å². The third-order valence-corrected chi connectivity index (χ3v) is 4.33. The molecule has 142 valence electrons. The maximum absolute atomic E-state index is 12.7. The summed E-state index contributed by atoms with van der Waals surface area (Å²) in [6, 6.07) is 10.7. The lowest BCUT2D eigenvalue weighted by Gasteiger charge is -2.16. The highest BCUT2D eigenvalue weighted by molar-refractivity contribution is 6.21. The molecule has 0 bridgehead atoms.